The number of benzene rings is 2. The highest BCUT2D eigenvalue weighted by atomic mass is 16.5. The number of aromatic amines is 1. The van der Waals surface area contributed by atoms with Crippen molar-refractivity contribution in [3.63, 3.8) is 0 Å². The van der Waals surface area contributed by atoms with Crippen LogP contribution >= 0.6 is 0 Å². The Morgan fingerprint density at radius 2 is 2.04 bits per heavy atom. The number of nitrogens with one attached hydrogen (secondary N) is 1. The first-order valence-electron chi connectivity index (χ1n) is 8.96. The Kier molecular flexibility index (Phi) is 4.17. The summed E-state index contributed by atoms with van der Waals surface area (Å²) >= 11 is 0. The lowest BCUT2D eigenvalue weighted by atomic mass is 9.83. The smallest absolute Gasteiger partial charge is 0.289 e. The number of nitriles is 1. The number of fused-ring (bicyclic) bond motifs is 3. The van der Waals surface area contributed by atoms with Gasteiger partial charge in [-0.1, -0.05) is 30.3 Å². The van der Waals surface area contributed by atoms with E-state index in [4.69, 9.17) is 10.5 Å². The van der Waals surface area contributed by atoms with Crippen molar-refractivity contribution in [1.29, 1.82) is 5.26 Å². The molecule has 1 aliphatic rings. The molecule has 0 aliphatic heterocycles. The van der Waals surface area contributed by atoms with Crippen LogP contribution in [0.15, 0.2) is 42.5 Å². The Morgan fingerprint density at radius 3 is 2.81 bits per heavy atom. The Balaban J connectivity index is 2.01. The highest BCUT2D eigenvalue weighted by Crippen LogP contribution is 2.41. The van der Waals surface area contributed by atoms with Crippen molar-refractivity contribution in [2.45, 2.75) is 19.8 Å². The van der Waals surface area contributed by atoms with Crippen LogP contribution < -0.4 is 15.5 Å². The topological polar surface area (TPSA) is 93.4 Å². The molecule has 5 heteroatoms. The normalized spacial score (nSPS) is 12.0. The van der Waals surface area contributed by atoms with Gasteiger partial charge in [-0.05, 0) is 43.0 Å². The molecule has 5 nitrogen and oxygen atoms in total. The summed E-state index contributed by atoms with van der Waals surface area (Å²) in [5.74, 6) is 0.818. The van der Waals surface area contributed by atoms with Gasteiger partial charge in [-0.2, -0.15) is 5.26 Å². The average molecular weight is 358 g/mol. The average Bonchev–Trinajstić information content (AvgIpc) is 2.69. The minimum absolute atomic E-state index is 0.0776. The lowest BCUT2D eigenvalue weighted by molar-refractivity contribution is -0.347. The lowest BCUT2D eigenvalue weighted by Gasteiger charge is -2.21. The molecule has 3 aromatic rings. The number of phenols is 1. The van der Waals surface area contributed by atoms with E-state index in [9.17, 15) is 10.4 Å². The maximum Gasteiger partial charge on any atom is 0.289 e. The van der Waals surface area contributed by atoms with Crippen molar-refractivity contribution in [3.05, 3.63) is 59.2 Å². The monoisotopic (exact) mass is 358 g/mol. The minimum Gasteiger partial charge on any atom is -0.504 e. The summed E-state index contributed by atoms with van der Waals surface area (Å²) in [6.45, 7) is 2.30. The standard InChI is InChI=1S/C22H19N3O2/c1-2-27-19-11-14(8-10-18(19)26)20-16-9-7-13-5-3-4-6-15(13)21(16)25-22(24)17(20)12-23/h3-6,8,10-11,26H,2,7,9H2,1H3,(H2,24,25)/p+1. The molecule has 0 bridgehead atoms. The summed E-state index contributed by atoms with van der Waals surface area (Å²) in [6.07, 6.45) is 1.70. The lowest BCUT2D eigenvalue weighted by Crippen LogP contribution is -2.22. The molecular weight excluding hydrogens is 338 g/mol. The van der Waals surface area contributed by atoms with Crippen LogP contribution in [0.4, 0.5) is 5.82 Å². The van der Waals surface area contributed by atoms with Gasteiger partial charge in [0.2, 0.25) is 0 Å². The van der Waals surface area contributed by atoms with E-state index in [1.807, 2.05) is 19.1 Å². The van der Waals surface area contributed by atoms with Gasteiger partial charge in [0, 0.05) is 16.7 Å². The van der Waals surface area contributed by atoms with Gasteiger partial charge in [0.1, 0.15) is 17.3 Å². The van der Waals surface area contributed by atoms with E-state index in [0.29, 0.717) is 23.7 Å². The molecule has 1 heterocycles. The molecule has 0 unspecified atom stereocenters. The molecule has 2 aromatic carbocycles. The number of phenolic OH excluding ortho intramolecular Hbond substituents is 1. The molecule has 0 fully saturated rings. The Bertz CT molecular complexity index is 1080. The third-order valence-electron chi connectivity index (χ3n) is 4.97. The van der Waals surface area contributed by atoms with E-state index in [1.54, 1.807) is 18.2 Å². The zero-order valence-electron chi connectivity index (χ0n) is 15.0. The number of hydrogen-bond donors (Lipinski definition) is 2. The zero-order chi connectivity index (χ0) is 19.0. The molecule has 134 valence electrons. The summed E-state index contributed by atoms with van der Waals surface area (Å²) in [6, 6.07) is 15.6. The molecule has 0 amide bonds. The van der Waals surface area contributed by atoms with Gasteiger partial charge in [0.15, 0.2) is 11.5 Å². The molecule has 4 N–H and O–H groups in total. The third-order valence-corrected chi connectivity index (χ3v) is 4.97. The molecule has 0 atom stereocenters. The largest absolute Gasteiger partial charge is 0.504 e. The van der Waals surface area contributed by atoms with Crippen LogP contribution in [0.5, 0.6) is 11.5 Å². The number of nitrogens with two attached hydrogens (primary N) is 1. The number of rotatable bonds is 3. The number of nitrogens with zero attached hydrogens (tertiary/aromatic N) is 1. The van der Waals surface area contributed by atoms with Crippen molar-refractivity contribution in [3.8, 4) is 40.0 Å². The van der Waals surface area contributed by atoms with E-state index in [2.05, 4.69) is 23.2 Å². The summed E-state index contributed by atoms with van der Waals surface area (Å²) in [5.41, 5.74) is 12.6. The number of aryl methyl sites for hydroxylation is 1. The van der Waals surface area contributed by atoms with Crippen LogP contribution in [-0.4, -0.2) is 11.7 Å². The van der Waals surface area contributed by atoms with Crippen molar-refractivity contribution < 1.29 is 14.8 Å². The van der Waals surface area contributed by atoms with Gasteiger partial charge in [0.25, 0.3) is 5.82 Å². The molecule has 0 spiro atoms. The molecule has 1 aliphatic carbocycles. The number of anilines is 1. The van der Waals surface area contributed by atoms with E-state index in [1.165, 1.54) is 5.56 Å². The molecule has 0 saturated carbocycles. The summed E-state index contributed by atoms with van der Waals surface area (Å²) in [7, 11) is 0. The molecule has 0 radical (unpaired) electrons. The first-order valence-corrected chi connectivity index (χ1v) is 8.96. The quantitative estimate of drug-likeness (QED) is 0.749. The van der Waals surface area contributed by atoms with E-state index in [0.717, 1.165) is 40.8 Å². The number of aromatic hydroxyl groups is 1. The molecule has 27 heavy (non-hydrogen) atoms. The van der Waals surface area contributed by atoms with Gasteiger partial charge in [0.05, 0.1) is 6.61 Å². The predicted molar refractivity (Wildman–Crippen MR) is 103 cm³/mol. The molecular formula is C22H20N3O2+. The number of hydrogen-bond acceptors (Lipinski definition) is 4. The van der Waals surface area contributed by atoms with Gasteiger partial charge in [-0.25, -0.2) is 4.98 Å². The van der Waals surface area contributed by atoms with Gasteiger partial charge >= 0.3 is 0 Å². The minimum atomic E-state index is 0.0776. The summed E-state index contributed by atoms with van der Waals surface area (Å²) in [5, 5.41) is 19.8. The molecule has 1 aromatic heterocycles. The molecule has 4 rings (SSSR count). The fourth-order valence-electron chi connectivity index (χ4n) is 3.78. The predicted octanol–water partition coefficient (Wildman–Crippen LogP) is 3.49. The maximum atomic E-state index is 10.0. The summed E-state index contributed by atoms with van der Waals surface area (Å²) in [4.78, 5) is 3.24. The Morgan fingerprint density at radius 1 is 1.22 bits per heavy atom. The van der Waals surface area contributed by atoms with Crippen molar-refractivity contribution in [1.82, 2.24) is 0 Å². The highest BCUT2D eigenvalue weighted by Gasteiger charge is 2.28. The highest BCUT2D eigenvalue weighted by molar-refractivity contribution is 5.84. The fourth-order valence-corrected chi connectivity index (χ4v) is 3.78. The second kappa shape index (κ2) is 6.65. The van der Waals surface area contributed by atoms with Crippen molar-refractivity contribution in [2.75, 3.05) is 12.3 Å². The second-order valence-corrected chi connectivity index (χ2v) is 6.53. The van der Waals surface area contributed by atoms with Gasteiger partial charge in [-0.3, -0.25) is 5.73 Å². The second-order valence-electron chi connectivity index (χ2n) is 6.53. The fraction of sp³-hybridized carbons (Fsp3) is 0.182. The van der Waals surface area contributed by atoms with Crippen LogP contribution in [0.3, 0.4) is 0 Å². The maximum absolute atomic E-state index is 10.0. The van der Waals surface area contributed by atoms with E-state index in [-0.39, 0.29) is 5.75 Å². The Hall–Kier alpha value is -3.52. The van der Waals surface area contributed by atoms with Crippen LogP contribution in [0.2, 0.25) is 0 Å². The number of aromatic nitrogens is 1. The van der Waals surface area contributed by atoms with Crippen LogP contribution in [0, 0.1) is 11.3 Å². The third kappa shape index (κ3) is 2.76. The number of pyridine rings is 1. The number of H-pyrrole nitrogens is 1. The SMILES string of the molecule is CCOc1cc(-c2c(C#N)c(N)[nH+]c3c2CCc2ccccc2-3)ccc1O. The summed E-state index contributed by atoms with van der Waals surface area (Å²) < 4.78 is 5.53. The Labute approximate surface area is 157 Å². The zero-order valence-corrected chi connectivity index (χ0v) is 15.0. The first-order chi connectivity index (χ1) is 13.1. The number of nitrogen functional groups attached to an aromatic ring is 1. The van der Waals surface area contributed by atoms with E-state index >= 15 is 0 Å². The molecule has 0 saturated heterocycles. The van der Waals surface area contributed by atoms with Crippen LogP contribution in [0.1, 0.15) is 23.6 Å². The van der Waals surface area contributed by atoms with Crippen molar-refractivity contribution in [2.24, 2.45) is 0 Å². The van der Waals surface area contributed by atoms with Crippen LogP contribution in [0.25, 0.3) is 22.4 Å². The van der Waals surface area contributed by atoms with Crippen LogP contribution in [-0.2, 0) is 12.8 Å². The number of ether oxygens (including phenoxy) is 1. The van der Waals surface area contributed by atoms with E-state index < -0.39 is 0 Å². The first kappa shape index (κ1) is 16.9. The van der Waals surface area contributed by atoms with Crippen molar-refractivity contribution >= 4 is 5.82 Å². The van der Waals surface area contributed by atoms with Gasteiger partial charge in [-0.15, -0.1) is 0 Å². The van der Waals surface area contributed by atoms with Gasteiger partial charge < -0.3 is 9.84 Å².